The fourth-order valence-corrected chi connectivity index (χ4v) is 1.62. The fourth-order valence-electron chi connectivity index (χ4n) is 1.62. The van der Waals surface area contributed by atoms with Crippen molar-refractivity contribution in [3.05, 3.63) is 12.2 Å². The molecule has 1 aliphatic carbocycles. The Bertz CT molecular complexity index is 241. The van der Waals surface area contributed by atoms with Crippen LogP contribution in [0.4, 0.5) is 0 Å². The Labute approximate surface area is 90.5 Å². The quantitative estimate of drug-likeness (QED) is 0.568. The van der Waals surface area contributed by atoms with Crippen LogP contribution in [0.15, 0.2) is 12.2 Å². The second-order valence-electron chi connectivity index (χ2n) is 4.03. The highest BCUT2D eigenvalue weighted by Gasteiger charge is 2.22. The van der Waals surface area contributed by atoms with E-state index in [0.717, 1.165) is 6.42 Å². The van der Waals surface area contributed by atoms with Gasteiger partial charge >= 0.3 is 0 Å². The third-order valence-electron chi connectivity index (χ3n) is 2.70. The van der Waals surface area contributed by atoms with E-state index in [2.05, 4.69) is 5.32 Å². The van der Waals surface area contributed by atoms with Crippen LogP contribution >= 0.6 is 0 Å². The Morgan fingerprint density at radius 2 is 2.40 bits per heavy atom. The minimum Gasteiger partial charge on any atom is -0.393 e. The molecule has 4 nitrogen and oxygen atoms in total. The molecule has 0 saturated heterocycles. The molecule has 1 amide bonds. The molecule has 0 aromatic heterocycles. The summed E-state index contributed by atoms with van der Waals surface area (Å²) in [6.45, 7) is 2.46. The van der Waals surface area contributed by atoms with Crippen molar-refractivity contribution in [2.45, 2.75) is 38.3 Å². The lowest BCUT2D eigenvalue weighted by Gasteiger charge is -2.12. The Hall–Kier alpha value is -0.870. The summed E-state index contributed by atoms with van der Waals surface area (Å²) in [7, 11) is 0. The van der Waals surface area contributed by atoms with E-state index in [4.69, 9.17) is 5.73 Å². The van der Waals surface area contributed by atoms with Crippen LogP contribution < -0.4 is 11.1 Å². The number of carbonyl (C=O) groups is 1. The van der Waals surface area contributed by atoms with Crippen LogP contribution in [0.5, 0.6) is 0 Å². The molecule has 0 saturated carbocycles. The summed E-state index contributed by atoms with van der Waals surface area (Å²) in [5.74, 6) is -0.0683. The number of nitrogens with one attached hydrogen (secondary N) is 1. The highest BCUT2D eigenvalue weighted by atomic mass is 16.3. The summed E-state index contributed by atoms with van der Waals surface area (Å²) in [6, 6.07) is 0.0157. The number of nitrogens with two attached hydrogens (primary N) is 1. The molecule has 4 N–H and O–H groups in total. The van der Waals surface area contributed by atoms with Crippen LogP contribution in [0, 0.1) is 5.92 Å². The fraction of sp³-hybridized carbons (Fsp3) is 0.727. The molecule has 0 aromatic carbocycles. The summed E-state index contributed by atoms with van der Waals surface area (Å²) in [5, 5.41) is 12.1. The van der Waals surface area contributed by atoms with Gasteiger partial charge in [0, 0.05) is 12.6 Å². The summed E-state index contributed by atoms with van der Waals surface area (Å²) < 4.78 is 0. The lowest BCUT2D eigenvalue weighted by atomic mass is 10.1. The summed E-state index contributed by atoms with van der Waals surface area (Å²) in [4.78, 5) is 11.6. The molecular formula is C11H20N2O2. The van der Waals surface area contributed by atoms with E-state index in [-0.39, 0.29) is 24.0 Å². The van der Waals surface area contributed by atoms with Gasteiger partial charge in [-0.15, -0.1) is 0 Å². The highest BCUT2D eigenvalue weighted by Crippen LogP contribution is 2.16. The number of amides is 1. The van der Waals surface area contributed by atoms with Gasteiger partial charge in [0.2, 0.25) is 5.91 Å². The predicted octanol–water partition coefficient (Wildman–Crippen LogP) is 0.167. The van der Waals surface area contributed by atoms with Crippen LogP contribution in [-0.2, 0) is 4.79 Å². The second kappa shape index (κ2) is 5.88. The van der Waals surface area contributed by atoms with Gasteiger partial charge in [-0.25, -0.2) is 0 Å². The van der Waals surface area contributed by atoms with Crippen LogP contribution in [-0.4, -0.2) is 29.7 Å². The first kappa shape index (κ1) is 12.2. The Kier molecular flexibility index (Phi) is 4.78. The largest absolute Gasteiger partial charge is 0.393 e. The topological polar surface area (TPSA) is 75.3 Å². The van der Waals surface area contributed by atoms with Gasteiger partial charge in [-0.1, -0.05) is 19.1 Å². The average molecular weight is 212 g/mol. The van der Waals surface area contributed by atoms with Gasteiger partial charge in [0.1, 0.15) is 0 Å². The lowest BCUT2D eigenvalue weighted by molar-refractivity contribution is -0.123. The average Bonchev–Trinajstić information content (AvgIpc) is 2.64. The van der Waals surface area contributed by atoms with Crippen molar-refractivity contribution in [3.63, 3.8) is 0 Å². The van der Waals surface area contributed by atoms with Crippen LogP contribution in [0.25, 0.3) is 0 Å². The van der Waals surface area contributed by atoms with E-state index < -0.39 is 0 Å². The molecule has 0 fully saturated rings. The van der Waals surface area contributed by atoms with Gasteiger partial charge in [0.05, 0.1) is 12.0 Å². The number of rotatable bonds is 5. The van der Waals surface area contributed by atoms with Crippen LogP contribution in [0.3, 0.4) is 0 Å². The maximum absolute atomic E-state index is 11.6. The van der Waals surface area contributed by atoms with E-state index in [1.54, 1.807) is 0 Å². The molecule has 0 aliphatic heterocycles. The standard InChI is InChI=1S/C11H20N2O2/c1-2-10(14)5-6-13-11(15)8-3-4-9(12)7-8/h3-4,8-10,14H,2,5-7,12H2,1H3,(H,13,15). The van der Waals surface area contributed by atoms with E-state index in [1.165, 1.54) is 0 Å². The molecule has 15 heavy (non-hydrogen) atoms. The molecule has 86 valence electrons. The predicted molar refractivity (Wildman–Crippen MR) is 59.1 cm³/mol. The molecule has 3 unspecified atom stereocenters. The van der Waals surface area contributed by atoms with Gasteiger partial charge in [0.25, 0.3) is 0 Å². The first-order chi connectivity index (χ1) is 7.13. The maximum atomic E-state index is 11.6. The highest BCUT2D eigenvalue weighted by molar-refractivity contribution is 5.81. The smallest absolute Gasteiger partial charge is 0.226 e. The first-order valence-electron chi connectivity index (χ1n) is 5.53. The van der Waals surface area contributed by atoms with Gasteiger partial charge in [0.15, 0.2) is 0 Å². The normalized spacial score (nSPS) is 26.6. The SMILES string of the molecule is CCC(O)CCNC(=O)C1C=CC(N)C1. The van der Waals surface area contributed by atoms with E-state index in [9.17, 15) is 9.90 Å². The van der Waals surface area contributed by atoms with Gasteiger partial charge in [-0.2, -0.15) is 0 Å². The summed E-state index contributed by atoms with van der Waals surface area (Å²) >= 11 is 0. The molecule has 0 spiro atoms. The monoisotopic (exact) mass is 212 g/mol. The summed E-state index contributed by atoms with van der Waals surface area (Å²) in [6.07, 6.45) is 5.45. The second-order valence-corrected chi connectivity index (χ2v) is 4.03. The maximum Gasteiger partial charge on any atom is 0.226 e. The number of carbonyl (C=O) groups excluding carboxylic acids is 1. The first-order valence-corrected chi connectivity index (χ1v) is 5.53. The molecular weight excluding hydrogens is 192 g/mol. The third kappa shape index (κ3) is 4.01. The van der Waals surface area contributed by atoms with Crippen LogP contribution in [0.2, 0.25) is 0 Å². The van der Waals surface area contributed by atoms with E-state index >= 15 is 0 Å². The van der Waals surface area contributed by atoms with Crippen molar-refractivity contribution in [2.75, 3.05) is 6.54 Å². The van der Waals surface area contributed by atoms with Crippen molar-refractivity contribution in [2.24, 2.45) is 11.7 Å². The molecule has 3 atom stereocenters. The van der Waals surface area contributed by atoms with Gasteiger partial charge < -0.3 is 16.2 Å². The molecule has 1 aliphatic rings. The molecule has 1 rings (SSSR count). The van der Waals surface area contributed by atoms with E-state index in [1.807, 2.05) is 19.1 Å². The number of aliphatic hydroxyl groups is 1. The van der Waals surface area contributed by atoms with Crippen molar-refractivity contribution in [3.8, 4) is 0 Å². The van der Waals surface area contributed by atoms with Crippen molar-refractivity contribution >= 4 is 5.91 Å². The molecule has 0 bridgehead atoms. The van der Waals surface area contributed by atoms with Gasteiger partial charge in [-0.3, -0.25) is 4.79 Å². The Morgan fingerprint density at radius 3 is 2.93 bits per heavy atom. The molecule has 0 heterocycles. The third-order valence-corrected chi connectivity index (χ3v) is 2.70. The molecule has 0 aromatic rings. The number of hydrogen-bond donors (Lipinski definition) is 3. The van der Waals surface area contributed by atoms with Crippen molar-refractivity contribution < 1.29 is 9.90 Å². The summed E-state index contributed by atoms with van der Waals surface area (Å²) in [5.41, 5.74) is 5.65. The zero-order valence-electron chi connectivity index (χ0n) is 9.15. The zero-order valence-corrected chi connectivity index (χ0v) is 9.15. The van der Waals surface area contributed by atoms with Crippen molar-refractivity contribution in [1.82, 2.24) is 5.32 Å². The zero-order chi connectivity index (χ0) is 11.3. The van der Waals surface area contributed by atoms with E-state index in [0.29, 0.717) is 19.4 Å². The Morgan fingerprint density at radius 1 is 1.67 bits per heavy atom. The Balaban J connectivity index is 2.17. The lowest BCUT2D eigenvalue weighted by Crippen LogP contribution is -2.32. The minimum atomic E-state index is -0.313. The molecule has 0 radical (unpaired) electrons. The van der Waals surface area contributed by atoms with Gasteiger partial charge in [-0.05, 0) is 19.3 Å². The number of hydrogen-bond acceptors (Lipinski definition) is 3. The minimum absolute atomic E-state index is 0.0157. The van der Waals surface area contributed by atoms with Crippen molar-refractivity contribution in [1.29, 1.82) is 0 Å². The number of aliphatic hydroxyl groups excluding tert-OH is 1. The van der Waals surface area contributed by atoms with Crippen LogP contribution in [0.1, 0.15) is 26.2 Å². The molecule has 4 heteroatoms.